The van der Waals surface area contributed by atoms with Crippen LogP contribution in [0, 0.1) is 5.82 Å². The van der Waals surface area contributed by atoms with Gasteiger partial charge in [0, 0.05) is 29.3 Å². The molecule has 0 aliphatic carbocycles. The van der Waals surface area contributed by atoms with E-state index in [9.17, 15) is 19.4 Å². The number of carboxylic acid groups (broad SMARTS) is 1. The van der Waals surface area contributed by atoms with Crippen molar-refractivity contribution in [3.63, 3.8) is 0 Å². The molecule has 0 spiro atoms. The van der Waals surface area contributed by atoms with Crippen LogP contribution in [0.1, 0.15) is 87.4 Å². The van der Waals surface area contributed by atoms with Crippen LogP contribution < -0.4 is 10.1 Å². The van der Waals surface area contributed by atoms with Crippen LogP contribution in [-0.2, 0) is 22.6 Å². The molecule has 45 heavy (non-hydrogen) atoms. The molecule has 1 unspecified atom stereocenters. The van der Waals surface area contributed by atoms with E-state index in [0.717, 1.165) is 40.1 Å². The SMILES string of the molecule is CNC(C)Cc1ccc(OCOCc2c(C(C)C)nc(C(C)C)c(/C=C/[C@@H](O)C[C@@H](O)CC(=O)O)c2-c2ccc(F)cc2)cc1. The number of aromatic nitrogens is 1. The molecule has 0 aliphatic heterocycles. The van der Waals surface area contributed by atoms with Gasteiger partial charge in [0.15, 0.2) is 6.79 Å². The number of ether oxygens (including phenoxy) is 2. The second-order valence-corrected chi connectivity index (χ2v) is 12.0. The number of carboxylic acids is 1. The number of hydrogen-bond donors (Lipinski definition) is 4. The lowest BCUT2D eigenvalue weighted by Crippen LogP contribution is -2.23. The van der Waals surface area contributed by atoms with Crippen molar-refractivity contribution in [2.75, 3.05) is 13.8 Å². The third kappa shape index (κ3) is 10.7. The first-order chi connectivity index (χ1) is 21.4. The number of nitrogens with zero attached hydrogens (tertiary/aromatic N) is 1. The summed E-state index contributed by atoms with van der Waals surface area (Å²) in [6.45, 7) is 10.5. The van der Waals surface area contributed by atoms with Crippen molar-refractivity contribution >= 4 is 12.0 Å². The topological polar surface area (TPSA) is 121 Å². The van der Waals surface area contributed by atoms with Gasteiger partial charge in [0.1, 0.15) is 11.6 Å². The Balaban J connectivity index is 1.97. The van der Waals surface area contributed by atoms with E-state index in [1.54, 1.807) is 18.2 Å². The summed E-state index contributed by atoms with van der Waals surface area (Å²) in [7, 11) is 1.94. The van der Waals surface area contributed by atoms with E-state index in [1.807, 2.05) is 45.2 Å². The van der Waals surface area contributed by atoms with Gasteiger partial charge in [0.05, 0.1) is 30.9 Å². The van der Waals surface area contributed by atoms with E-state index in [0.29, 0.717) is 11.8 Å². The summed E-state index contributed by atoms with van der Waals surface area (Å²) in [5.74, 6) is -0.761. The molecule has 0 amide bonds. The summed E-state index contributed by atoms with van der Waals surface area (Å²) >= 11 is 0. The van der Waals surface area contributed by atoms with Crippen LogP contribution in [0.3, 0.4) is 0 Å². The lowest BCUT2D eigenvalue weighted by molar-refractivity contribution is -0.139. The smallest absolute Gasteiger partial charge is 0.305 e. The molecule has 0 aliphatic rings. The fraction of sp³-hybridized carbons (Fsp3) is 0.444. The first kappa shape index (κ1) is 35.8. The number of benzene rings is 2. The van der Waals surface area contributed by atoms with Crippen LogP contribution in [0.4, 0.5) is 4.39 Å². The number of hydrogen-bond acceptors (Lipinski definition) is 7. The molecule has 3 rings (SSSR count). The summed E-state index contributed by atoms with van der Waals surface area (Å²) in [5, 5.41) is 32.9. The van der Waals surface area contributed by atoms with Gasteiger partial charge in [-0.25, -0.2) is 4.39 Å². The van der Waals surface area contributed by atoms with E-state index in [1.165, 1.54) is 23.8 Å². The van der Waals surface area contributed by atoms with Gasteiger partial charge in [0.25, 0.3) is 0 Å². The molecular formula is C36H47FN2O6. The van der Waals surface area contributed by atoms with Gasteiger partial charge in [-0.1, -0.05) is 64.1 Å². The number of pyridine rings is 1. The average molecular weight is 623 g/mol. The number of rotatable bonds is 17. The standard InChI is InChI=1S/C36H47FN2O6/c1-22(2)35-31(16-13-28(40)18-29(41)19-33(42)43)34(26-9-11-27(37)12-10-26)32(36(39-35)23(3)4)20-44-21-45-30-14-7-25(8-15-30)17-24(5)38-6/h7-16,22-24,28-29,38,40-41H,17-21H2,1-6H3,(H,42,43)/b16-13+/t24?,28-,29-/m1/s1. The number of aliphatic hydroxyl groups excluding tert-OH is 2. The van der Waals surface area contributed by atoms with E-state index in [2.05, 4.69) is 26.1 Å². The summed E-state index contributed by atoms with van der Waals surface area (Å²) < 4.78 is 26.0. The van der Waals surface area contributed by atoms with Crippen molar-refractivity contribution in [1.82, 2.24) is 10.3 Å². The van der Waals surface area contributed by atoms with E-state index in [-0.39, 0.29) is 37.5 Å². The summed E-state index contributed by atoms with van der Waals surface area (Å²) in [6, 6.07) is 14.5. The maximum Gasteiger partial charge on any atom is 0.305 e. The highest BCUT2D eigenvalue weighted by Gasteiger charge is 2.23. The predicted molar refractivity (Wildman–Crippen MR) is 175 cm³/mol. The Bertz CT molecular complexity index is 1410. The number of carbonyl (C=O) groups is 1. The fourth-order valence-corrected chi connectivity index (χ4v) is 5.14. The Kier molecular flexibility index (Phi) is 13.7. The molecule has 0 fully saturated rings. The van der Waals surface area contributed by atoms with Gasteiger partial charge in [-0.05, 0) is 73.2 Å². The van der Waals surface area contributed by atoms with Crippen LogP contribution >= 0.6 is 0 Å². The molecule has 1 aromatic heterocycles. The Morgan fingerprint density at radius 3 is 2.20 bits per heavy atom. The minimum absolute atomic E-state index is 0.00391. The minimum atomic E-state index is -1.19. The summed E-state index contributed by atoms with van der Waals surface area (Å²) in [4.78, 5) is 16.0. The Labute approximate surface area is 265 Å². The molecule has 2 aromatic carbocycles. The maximum atomic E-state index is 14.0. The number of aliphatic carboxylic acids is 1. The first-order valence-electron chi connectivity index (χ1n) is 15.4. The van der Waals surface area contributed by atoms with Crippen LogP contribution in [-0.4, -0.2) is 58.4 Å². The number of nitrogens with one attached hydrogen (secondary N) is 1. The van der Waals surface area contributed by atoms with Gasteiger partial charge in [-0.2, -0.15) is 0 Å². The van der Waals surface area contributed by atoms with Crippen molar-refractivity contribution in [2.45, 2.75) is 90.6 Å². The zero-order valence-corrected chi connectivity index (χ0v) is 27.1. The molecule has 1 heterocycles. The molecule has 3 atom stereocenters. The fourth-order valence-electron chi connectivity index (χ4n) is 5.14. The largest absolute Gasteiger partial charge is 0.481 e. The Morgan fingerprint density at radius 1 is 0.978 bits per heavy atom. The molecule has 0 bridgehead atoms. The van der Waals surface area contributed by atoms with Crippen molar-refractivity contribution in [3.05, 3.63) is 88.5 Å². The van der Waals surface area contributed by atoms with Crippen LogP contribution in [0.5, 0.6) is 5.75 Å². The Morgan fingerprint density at radius 2 is 1.62 bits per heavy atom. The quantitative estimate of drug-likeness (QED) is 0.100. The lowest BCUT2D eigenvalue weighted by Gasteiger charge is -2.24. The molecule has 4 N–H and O–H groups in total. The van der Waals surface area contributed by atoms with Gasteiger partial charge in [-0.15, -0.1) is 0 Å². The second-order valence-electron chi connectivity index (χ2n) is 12.0. The van der Waals surface area contributed by atoms with Crippen molar-refractivity contribution < 1.29 is 34.0 Å². The molecule has 3 aromatic rings. The molecule has 0 saturated heterocycles. The molecule has 8 nitrogen and oxygen atoms in total. The molecule has 0 saturated carbocycles. The highest BCUT2D eigenvalue weighted by atomic mass is 19.1. The number of likely N-dealkylation sites (N-methyl/N-ethyl adjacent to an activating group) is 1. The number of aliphatic hydroxyl groups is 2. The van der Waals surface area contributed by atoms with Crippen molar-refractivity contribution in [2.24, 2.45) is 0 Å². The van der Waals surface area contributed by atoms with Gasteiger partial charge >= 0.3 is 5.97 Å². The third-order valence-corrected chi connectivity index (χ3v) is 7.55. The predicted octanol–water partition coefficient (Wildman–Crippen LogP) is 6.44. The van der Waals surface area contributed by atoms with Crippen LogP contribution in [0.2, 0.25) is 0 Å². The van der Waals surface area contributed by atoms with Crippen molar-refractivity contribution in [3.8, 4) is 16.9 Å². The zero-order valence-electron chi connectivity index (χ0n) is 27.1. The van der Waals surface area contributed by atoms with Gasteiger partial charge in [-0.3, -0.25) is 9.78 Å². The lowest BCUT2D eigenvalue weighted by atomic mass is 9.87. The van der Waals surface area contributed by atoms with Gasteiger partial charge in [0.2, 0.25) is 0 Å². The normalized spacial score (nSPS) is 13.8. The van der Waals surface area contributed by atoms with Gasteiger partial charge < -0.3 is 30.1 Å². The third-order valence-electron chi connectivity index (χ3n) is 7.55. The van der Waals surface area contributed by atoms with E-state index in [4.69, 9.17) is 19.6 Å². The van der Waals surface area contributed by atoms with Crippen molar-refractivity contribution in [1.29, 1.82) is 0 Å². The van der Waals surface area contributed by atoms with Crippen LogP contribution in [0.25, 0.3) is 17.2 Å². The maximum absolute atomic E-state index is 14.0. The first-order valence-corrected chi connectivity index (χ1v) is 15.4. The average Bonchev–Trinajstić information content (AvgIpc) is 2.98. The highest BCUT2D eigenvalue weighted by molar-refractivity contribution is 5.80. The molecule has 0 radical (unpaired) electrons. The van der Waals surface area contributed by atoms with E-state index >= 15 is 0 Å². The molecular weight excluding hydrogens is 575 g/mol. The minimum Gasteiger partial charge on any atom is -0.481 e. The summed E-state index contributed by atoms with van der Waals surface area (Å²) in [5.41, 5.74) is 5.95. The Hall–Kier alpha value is -3.63. The van der Waals surface area contributed by atoms with E-state index < -0.39 is 24.6 Å². The zero-order chi connectivity index (χ0) is 33.1. The second kappa shape index (κ2) is 17.2. The summed E-state index contributed by atoms with van der Waals surface area (Å²) in [6.07, 6.45) is 1.31. The number of halogens is 1. The molecule has 9 heteroatoms. The van der Waals surface area contributed by atoms with Crippen LogP contribution in [0.15, 0.2) is 54.6 Å². The monoisotopic (exact) mass is 622 g/mol. The molecule has 244 valence electrons. The highest BCUT2D eigenvalue weighted by Crippen LogP contribution is 2.38.